The monoisotopic (exact) mass is 564 g/mol. The van der Waals surface area contributed by atoms with Crippen molar-refractivity contribution in [1.29, 1.82) is 0 Å². The highest BCUT2D eigenvalue weighted by Gasteiger charge is 2.29. The number of urea groups is 1. The summed E-state index contributed by atoms with van der Waals surface area (Å²) < 4.78 is 63.1. The molecule has 2 aromatic carbocycles. The predicted octanol–water partition coefficient (Wildman–Crippen LogP) is 4.33. The minimum Gasteiger partial charge on any atom is -0.480 e. The van der Waals surface area contributed by atoms with Gasteiger partial charge in [0.05, 0.1) is 18.0 Å². The van der Waals surface area contributed by atoms with Gasteiger partial charge in [0.1, 0.15) is 6.04 Å². The largest absolute Gasteiger partial charge is 0.480 e. The highest BCUT2D eigenvalue weighted by Crippen LogP contribution is 2.24. The Hall–Kier alpha value is -3.97. The van der Waals surface area contributed by atoms with E-state index < -0.39 is 52.8 Å². The lowest BCUT2D eigenvalue weighted by Gasteiger charge is -2.15. The number of rotatable bonds is 12. The SMILES string of the molecule is O=C(NCc1ccccn1)Nc1cccc(-c2ccc(CC(NS(=O)(=O)CCCC(F)(F)F)C(=O)O)cc2)c1. The molecule has 3 rings (SSSR count). The molecule has 0 aliphatic rings. The second-order valence-electron chi connectivity index (χ2n) is 8.66. The zero-order valence-corrected chi connectivity index (χ0v) is 21.4. The smallest absolute Gasteiger partial charge is 0.389 e. The first kappa shape index (κ1) is 29.6. The second-order valence-corrected chi connectivity index (χ2v) is 10.5. The molecule has 4 N–H and O–H groups in total. The van der Waals surface area contributed by atoms with Gasteiger partial charge in [-0.15, -0.1) is 0 Å². The summed E-state index contributed by atoms with van der Waals surface area (Å²) in [6.45, 7) is 0.259. The van der Waals surface area contributed by atoms with Crippen molar-refractivity contribution >= 4 is 27.7 Å². The van der Waals surface area contributed by atoms with Crippen LogP contribution in [0.5, 0.6) is 0 Å². The van der Waals surface area contributed by atoms with Crippen LogP contribution in [0.3, 0.4) is 0 Å². The summed E-state index contributed by atoms with van der Waals surface area (Å²) >= 11 is 0. The summed E-state index contributed by atoms with van der Waals surface area (Å²) in [5.74, 6) is -2.28. The van der Waals surface area contributed by atoms with E-state index in [0.717, 1.165) is 11.1 Å². The average Bonchev–Trinajstić information content (AvgIpc) is 2.87. The van der Waals surface area contributed by atoms with Crippen LogP contribution < -0.4 is 15.4 Å². The molecule has 0 fully saturated rings. The van der Waals surface area contributed by atoms with Crippen molar-refractivity contribution in [3.63, 3.8) is 0 Å². The molecule has 0 aliphatic heterocycles. The lowest BCUT2D eigenvalue weighted by molar-refractivity contribution is -0.139. The van der Waals surface area contributed by atoms with E-state index in [2.05, 4.69) is 15.6 Å². The number of alkyl halides is 3. The van der Waals surface area contributed by atoms with E-state index in [4.69, 9.17) is 0 Å². The number of aromatic nitrogens is 1. The fourth-order valence-electron chi connectivity index (χ4n) is 3.61. The summed E-state index contributed by atoms with van der Waals surface area (Å²) in [7, 11) is -4.23. The first-order valence-corrected chi connectivity index (χ1v) is 13.5. The predicted molar refractivity (Wildman–Crippen MR) is 139 cm³/mol. The molecule has 3 aromatic rings. The highest BCUT2D eigenvalue weighted by atomic mass is 32.2. The zero-order chi connectivity index (χ0) is 28.5. The quantitative estimate of drug-likeness (QED) is 0.259. The van der Waals surface area contributed by atoms with Crippen molar-refractivity contribution in [1.82, 2.24) is 15.0 Å². The lowest BCUT2D eigenvalue weighted by Crippen LogP contribution is -2.43. The van der Waals surface area contributed by atoms with E-state index in [1.54, 1.807) is 60.8 Å². The zero-order valence-electron chi connectivity index (χ0n) is 20.6. The summed E-state index contributed by atoms with van der Waals surface area (Å²) in [4.78, 5) is 28.0. The van der Waals surface area contributed by atoms with Crippen LogP contribution in [0.2, 0.25) is 0 Å². The molecule has 1 atom stereocenters. The van der Waals surface area contributed by atoms with Gasteiger partial charge in [-0.2, -0.15) is 13.2 Å². The number of halogens is 3. The van der Waals surface area contributed by atoms with E-state index in [0.29, 0.717) is 16.9 Å². The second kappa shape index (κ2) is 13.2. The van der Waals surface area contributed by atoms with Gasteiger partial charge in [0.15, 0.2) is 0 Å². The number of hydrogen-bond acceptors (Lipinski definition) is 5. The minimum atomic E-state index is -4.49. The Morgan fingerprint density at radius 3 is 2.36 bits per heavy atom. The maximum atomic E-state index is 12.3. The number of sulfonamides is 1. The Morgan fingerprint density at radius 1 is 0.974 bits per heavy atom. The van der Waals surface area contributed by atoms with Gasteiger partial charge >= 0.3 is 18.2 Å². The molecule has 0 saturated carbocycles. The molecule has 1 heterocycles. The van der Waals surface area contributed by atoms with Crippen molar-refractivity contribution in [2.45, 2.75) is 38.0 Å². The molecule has 0 aliphatic carbocycles. The van der Waals surface area contributed by atoms with E-state index in [9.17, 15) is 36.3 Å². The van der Waals surface area contributed by atoms with Gasteiger partial charge in [-0.25, -0.2) is 17.9 Å². The van der Waals surface area contributed by atoms with Crippen LogP contribution in [0, 0.1) is 0 Å². The number of anilines is 1. The number of nitrogens with one attached hydrogen (secondary N) is 3. The molecule has 208 valence electrons. The molecular formula is C26H27F3N4O5S. The van der Waals surface area contributed by atoms with Crippen molar-refractivity contribution in [3.8, 4) is 11.1 Å². The molecule has 2 amide bonds. The van der Waals surface area contributed by atoms with Crippen molar-refractivity contribution in [2.75, 3.05) is 11.1 Å². The van der Waals surface area contributed by atoms with Gasteiger partial charge in [-0.3, -0.25) is 9.78 Å². The van der Waals surface area contributed by atoms with Crippen molar-refractivity contribution < 1.29 is 36.3 Å². The van der Waals surface area contributed by atoms with E-state index in [1.165, 1.54) is 0 Å². The van der Waals surface area contributed by atoms with Crippen LogP contribution in [-0.4, -0.2) is 48.5 Å². The third-order valence-electron chi connectivity index (χ3n) is 5.50. The van der Waals surface area contributed by atoms with Crippen LogP contribution in [-0.2, 0) is 27.8 Å². The number of carbonyl (C=O) groups excluding carboxylic acids is 1. The fourth-order valence-corrected chi connectivity index (χ4v) is 4.87. The minimum absolute atomic E-state index is 0.202. The highest BCUT2D eigenvalue weighted by molar-refractivity contribution is 7.89. The van der Waals surface area contributed by atoms with Gasteiger partial charge in [0.2, 0.25) is 10.0 Å². The van der Waals surface area contributed by atoms with Crippen LogP contribution in [0.4, 0.5) is 23.7 Å². The first-order valence-electron chi connectivity index (χ1n) is 11.8. The molecule has 0 bridgehead atoms. The molecule has 1 aromatic heterocycles. The summed E-state index contributed by atoms with van der Waals surface area (Å²) in [6, 6.07) is 17.2. The van der Waals surface area contributed by atoms with Crippen molar-refractivity contribution in [3.05, 3.63) is 84.2 Å². The lowest BCUT2D eigenvalue weighted by atomic mass is 10.0. The standard InChI is InChI=1S/C26H27F3N4O5S/c27-26(28,29)12-4-14-39(37,38)33-23(24(34)35)15-18-8-10-19(11-9-18)20-5-3-7-21(16-20)32-25(36)31-17-22-6-1-2-13-30-22/h1-3,5-11,13,16,23,33H,4,12,14-15,17H2,(H,34,35)(H2,31,32,36). The summed E-state index contributed by atoms with van der Waals surface area (Å²) in [5, 5.41) is 14.9. The Bertz CT molecular complexity index is 1370. The van der Waals surface area contributed by atoms with E-state index in [1.807, 2.05) is 16.9 Å². The third kappa shape index (κ3) is 10.4. The van der Waals surface area contributed by atoms with Crippen molar-refractivity contribution in [2.24, 2.45) is 0 Å². The fraction of sp³-hybridized carbons (Fsp3) is 0.269. The number of nitrogens with zero attached hydrogens (tertiary/aromatic N) is 1. The third-order valence-corrected chi connectivity index (χ3v) is 6.97. The summed E-state index contributed by atoms with van der Waals surface area (Å²) in [6.07, 6.45) is -5.01. The van der Waals surface area contributed by atoms with E-state index >= 15 is 0 Å². The van der Waals surface area contributed by atoms with Crippen LogP contribution in [0.25, 0.3) is 11.1 Å². The van der Waals surface area contributed by atoms with Crippen LogP contribution in [0.15, 0.2) is 72.9 Å². The first-order chi connectivity index (χ1) is 18.4. The molecule has 9 nitrogen and oxygen atoms in total. The van der Waals surface area contributed by atoms with Crippen LogP contribution >= 0.6 is 0 Å². The van der Waals surface area contributed by atoms with Gasteiger partial charge in [-0.1, -0.05) is 42.5 Å². The number of carboxylic acid groups (broad SMARTS) is 1. The maximum absolute atomic E-state index is 12.3. The van der Waals surface area contributed by atoms with Gasteiger partial charge in [0, 0.05) is 18.3 Å². The number of amides is 2. The number of carboxylic acids is 1. The van der Waals surface area contributed by atoms with Gasteiger partial charge < -0.3 is 15.7 Å². The Kier molecular flexibility index (Phi) is 10.0. The van der Waals surface area contributed by atoms with Gasteiger partial charge in [0.25, 0.3) is 0 Å². The molecule has 1 unspecified atom stereocenters. The van der Waals surface area contributed by atoms with Crippen LogP contribution in [0.1, 0.15) is 24.1 Å². The molecule has 13 heteroatoms. The maximum Gasteiger partial charge on any atom is 0.389 e. The molecule has 0 spiro atoms. The topological polar surface area (TPSA) is 137 Å². The molecular weight excluding hydrogens is 537 g/mol. The Balaban J connectivity index is 1.59. The number of carbonyl (C=O) groups is 2. The number of hydrogen-bond donors (Lipinski definition) is 4. The molecule has 39 heavy (non-hydrogen) atoms. The Labute approximate surface area is 223 Å². The summed E-state index contributed by atoms with van der Waals surface area (Å²) in [5.41, 5.74) is 3.29. The Morgan fingerprint density at radius 2 is 1.72 bits per heavy atom. The number of benzene rings is 2. The molecule has 0 saturated heterocycles. The van der Waals surface area contributed by atoms with E-state index in [-0.39, 0.29) is 13.0 Å². The normalized spacial score (nSPS) is 12.5. The molecule has 0 radical (unpaired) electrons. The van der Waals surface area contributed by atoms with Gasteiger partial charge in [-0.05, 0) is 53.8 Å². The number of aliphatic carboxylic acids is 1. The average molecular weight is 565 g/mol. The number of pyridine rings is 1.